The van der Waals surface area contributed by atoms with Crippen LogP contribution < -0.4 is 11.1 Å². The molecule has 0 aliphatic carbocycles. The first-order valence-corrected chi connectivity index (χ1v) is 10.3. The van der Waals surface area contributed by atoms with Crippen LogP contribution in [0.25, 0.3) is 0 Å². The van der Waals surface area contributed by atoms with Crippen LogP contribution in [-0.4, -0.2) is 61.6 Å². The van der Waals surface area contributed by atoms with Crippen molar-refractivity contribution in [1.29, 1.82) is 0 Å². The normalized spacial score (nSPS) is 19.5. The third-order valence-electron chi connectivity index (χ3n) is 3.73. The fraction of sp³-hybridized carbons (Fsp3) is 0.562. The van der Waals surface area contributed by atoms with E-state index in [-0.39, 0.29) is 11.8 Å². The van der Waals surface area contributed by atoms with Gasteiger partial charge in [-0.05, 0) is 12.8 Å². The minimum absolute atomic E-state index is 0.205. The zero-order chi connectivity index (χ0) is 23.3. The second-order valence-electron chi connectivity index (χ2n) is 6.65. The van der Waals surface area contributed by atoms with Gasteiger partial charge in [-0.1, -0.05) is 13.8 Å². The van der Waals surface area contributed by atoms with E-state index in [9.17, 15) is 27.9 Å². The van der Waals surface area contributed by atoms with Gasteiger partial charge in [0, 0.05) is 17.7 Å². The van der Waals surface area contributed by atoms with Crippen LogP contribution in [0.1, 0.15) is 31.5 Å². The highest BCUT2D eigenvalue weighted by Gasteiger charge is 2.41. The predicted molar refractivity (Wildman–Crippen MR) is 106 cm³/mol. The molecule has 1 aromatic heterocycles. The summed E-state index contributed by atoms with van der Waals surface area (Å²) in [5.74, 6) is -3.93. The first-order chi connectivity index (χ1) is 13.7. The topological polar surface area (TPSA) is 155 Å². The van der Waals surface area contributed by atoms with Gasteiger partial charge in [0.05, 0.1) is 0 Å². The number of alkyl halides is 3. The Kier molecular flexibility index (Phi) is 8.80. The molecule has 5 N–H and O–H groups in total. The van der Waals surface area contributed by atoms with E-state index >= 15 is 0 Å². The average Bonchev–Trinajstić information content (AvgIpc) is 3.25. The Morgan fingerprint density at radius 3 is 2.30 bits per heavy atom. The molecule has 0 fully saturated rings. The minimum atomic E-state index is -5.08. The van der Waals surface area contributed by atoms with Crippen molar-refractivity contribution in [3.8, 4) is 0 Å². The molecule has 14 heteroatoms. The largest absolute Gasteiger partial charge is 0.490 e. The number of aliphatic imine (C=N–C) groups is 1. The van der Waals surface area contributed by atoms with Gasteiger partial charge in [0.1, 0.15) is 27.3 Å². The molecule has 30 heavy (non-hydrogen) atoms. The molecule has 0 saturated carbocycles. The molecular formula is C16H21F3N4O5S2. The van der Waals surface area contributed by atoms with Gasteiger partial charge in [0.25, 0.3) is 0 Å². The van der Waals surface area contributed by atoms with Crippen molar-refractivity contribution in [2.24, 2.45) is 16.6 Å². The standard InChI is InChI=1S/C14H20N4O3S2.C2HF3O2/c1-7(2)10(12(19)20)17-13(21)14(3)6-23-11(18-14)8-5-22-9(4-15)16-8;3-2(4,5)1(6)7/h5,7,10H,4,6,15H2,1-3H3,(H,17,21)(H,19,20);(H,6,7)/t10-,14-;/m0./s1. The van der Waals surface area contributed by atoms with Gasteiger partial charge in [-0.15, -0.1) is 23.1 Å². The lowest BCUT2D eigenvalue weighted by Crippen LogP contribution is -2.52. The quantitative estimate of drug-likeness (QED) is 0.490. The molecule has 2 heterocycles. The summed E-state index contributed by atoms with van der Waals surface area (Å²) in [5.41, 5.74) is 5.28. The van der Waals surface area contributed by atoms with E-state index in [4.69, 9.17) is 15.6 Å². The van der Waals surface area contributed by atoms with Crippen molar-refractivity contribution < 1.29 is 37.8 Å². The minimum Gasteiger partial charge on any atom is -0.480 e. The molecule has 168 valence electrons. The van der Waals surface area contributed by atoms with Crippen molar-refractivity contribution in [2.75, 3.05) is 5.75 Å². The second-order valence-corrected chi connectivity index (χ2v) is 8.55. The van der Waals surface area contributed by atoms with Crippen LogP contribution in [0.2, 0.25) is 0 Å². The van der Waals surface area contributed by atoms with Crippen molar-refractivity contribution >= 4 is 46.0 Å². The number of nitrogens with two attached hydrogens (primary N) is 1. The number of carbonyl (C=O) groups excluding carboxylic acids is 1. The molecule has 0 bridgehead atoms. The number of rotatable bonds is 6. The second kappa shape index (κ2) is 10.2. The lowest BCUT2D eigenvalue weighted by Gasteiger charge is -2.24. The third-order valence-corrected chi connectivity index (χ3v) is 5.89. The van der Waals surface area contributed by atoms with Crippen LogP contribution in [0.5, 0.6) is 0 Å². The Morgan fingerprint density at radius 1 is 1.33 bits per heavy atom. The Morgan fingerprint density at radius 2 is 1.90 bits per heavy atom. The number of hydrogen-bond acceptors (Lipinski definition) is 8. The lowest BCUT2D eigenvalue weighted by molar-refractivity contribution is -0.192. The highest BCUT2D eigenvalue weighted by molar-refractivity contribution is 8.14. The summed E-state index contributed by atoms with van der Waals surface area (Å²) < 4.78 is 31.7. The summed E-state index contributed by atoms with van der Waals surface area (Å²) in [6.07, 6.45) is -5.08. The number of thioether (sulfide) groups is 1. The molecule has 2 rings (SSSR count). The van der Waals surface area contributed by atoms with Gasteiger partial charge in [-0.25, -0.2) is 14.6 Å². The molecule has 0 unspecified atom stereocenters. The van der Waals surface area contributed by atoms with Crippen LogP contribution in [0.4, 0.5) is 13.2 Å². The van der Waals surface area contributed by atoms with E-state index in [0.29, 0.717) is 17.3 Å². The highest BCUT2D eigenvalue weighted by Crippen LogP contribution is 2.31. The number of thiazole rings is 1. The summed E-state index contributed by atoms with van der Waals surface area (Å²) in [7, 11) is 0. The van der Waals surface area contributed by atoms with E-state index in [1.54, 1.807) is 20.8 Å². The SMILES string of the molecule is CC(C)[C@H](NC(=O)[C@]1(C)CSC(c2csc(CN)n2)=N1)C(=O)O.O=C(O)C(F)(F)F. The van der Waals surface area contributed by atoms with Gasteiger partial charge in [0.2, 0.25) is 5.91 Å². The molecule has 0 saturated heterocycles. The zero-order valence-electron chi connectivity index (χ0n) is 16.2. The van der Waals surface area contributed by atoms with Gasteiger partial charge in [-0.2, -0.15) is 13.2 Å². The summed E-state index contributed by atoms with van der Waals surface area (Å²) in [5, 5.41) is 22.3. The molecule has 0 aromatic carbocycles. The van der Waals surface area contributed by atoms with Crippen LogP contribution in [-0.2, 0) is 20.9 Å². The van der Waals surface area contributed by atoms with Crippen LogP contribution >= 0.6 is 23.1 Å². The number of amides is 1. The average molecular weight is 470 g/mol. The number of nitrogens with one attached hydrogen (secondary N) is 1. The number of carbonyl (C=O) groups is 3. The molecule has 0 spiro atoms. The number of nitrogens with zero attached hydrogens (tertiary/aromatic N) is 2. The van der Waals surface area contributed by atoms with Crippen LogP contribution in [0, 0.1) is 5.92 Å². The maximum Gasteiger partial charge on any atom is 0.490 e. The molecule has 9 nitrogen and oxygen atoms in total. The van der Waals surface area contributed by atoms with Crippen molar-refractivity contribution in [3.63, 3.8) is 0 Å². The maximum atomic E-state index is 12.5. The van der Waals surface area contributed by atoms with Gasteiger partial charge in [-0.3, -0.25) is 9.79 Å². The maximum absolute atomic E-state index is 12.5. The molecule has 1 aliphatic heterocycles. The predicted octanol–water partition coefficient (Wildman–Crippen LogP) is 1.71. The number of halogens is 3. The number of hydrogen-bond donors (Lipinski definition) is 4. The van der Waals surface area contributed by atoms with Gasteiger partial charge in [0.15, 0.2) is 0 Å². The highest BCUT2D eigenvalue weighted by atomic mass is 32.2. The fourth-order valence-electron chi connectivity index (χ4n) is 2.06. The summed E-state index contributed by atoms with van der Waals surface area (Å²) >= 11 is 2.90. The van der Waals surface area contributed by atoms with Crippen molar-refractivity contribution in [2.45, 2.75) is 45.1 Å². The lowest BCUT2D eigenvalue weighted by atomic mass is 10.0. The Balaban J connectivity index is 0.000000553. The number of aliphatic carboxylic acids is 2. The molecule has 2 atom stereocenters. The molecule has 0 radical (unpaired) electrons. The monoisotopic (exact) mass is 470 g/mol. The van der Waals surface area contributed by atoms with E-state index in [2.05, 4.69) is 15.3 Å². The van der Waals surface area contributed by atoms with E-state index in [1.165, 1.54) is 23.1 Å². The van der Waals surface area contributed by atoms with Gasteiger partial charge < -0.3 is 21.3 Å². The van der Waals surface area contributed by atoms with E-state index in [1.807, 2.05) is 5.38 Å². The molecule has 1 aliphatic rings. The summed E-state index contributed by atoms with van der Waals surface area (Å²) in [6, 6.07) is -0.924. The Hall–Kier alpha value is -2.19. The Labute approximate surface area is 178 Å². The van der Waals surface area contributed by atoms with Crippen LogP contribution in [0.3, 0.4) is 0 Å². The van der Waals surface area contributed by atoms with E-state index in [0.717, 1.165) is 10.7 Å². The first-order valence-electron chi connectivity index (χ1n) is 8.42. The third kappa shape index (κ3) is 6.95. The van der Waals surface area contributed by atoms with Crippen LogP contribution in [0.15, 0.2) is 10.4 Å². The molecule has 1 aromatic rings. The van der Waals surface area contributed by atoms with Crippen molar-refractivity contribution in [3.05, 3.63) is 16.1 Å². The number of carboxylic acids is 2. The zero-order valence-corrected chi connectivity index (χ0v) is 17.8. The molecule has 1 amide bonds. The molecular weight excluding hydrogens is 449 g/mol. The number of aromatic nitrogens is 1. The first kappa shape index (κ1) is 25.8. The summed E-state index contributed by atoms with van der Waals surface area (Å²) in [6.45, 7) is 5.58. The van der Waals surface area contributed by atoms with Gasteiger partial charge >= 0.3 is 18.1 Å². The fourth-order valence-corrected chi connectivity index (χ4v) is 3.92. The summed E-state index contributed by atoms with van der Waals surface area (Å²) in [4.78, 5) is 41.5. The number of carboxylic acid groups (broad SMARTS) is 2. The Bertz CT molecular complexity index is 828. The smallest absolute Gasteiger partial charge is 0.480 e. The van der Waals surface area contributed by atoms with Crippen molar-refractivity contribution in [1.82, 2.24) is 10.3 Å². The van der Waals surface area contributed by atoms with E-state index < -0.39 is 29.7 Å².